The van der Waals surface area contributed by atoms with Gasteiger partial charge in [-0.2, -0.15) is 0 Å². The molecule has 0 aliphatic rings. The zero-order valence-electron chi connectivity index (χ0n) is 15.0. The standard InChI is InChI=1S/C21H20N4O2/c1-25-12-11-14-13-15(9-10-18(14)25)22-20(26)8-4-7-19-23-17-6-3-2-5-16(17)21(27)24-19/h2-3,5-6,9-13H,4,7-8H2,1H3,(H,22,26)(H,23,24,27). The van der Waals surface area contributed by atoms with Crippen LogP contribution < -0.4 is 10.9 Å². The van der Waals surface area contributed by atoms with E-state index in [2.05, 4.69) is 15.3 Å². The number of nitrogens with zero attached hydrogens (tertiary/aromatic N) is 2. The molecule has 0 radical (unpaired) electrons. The number of aromatic amines is 1. The number of aryl methyl sites for hydroxylation is 2. The lowest BCUT2D eigenvalue weighted by atomic mass is 10.2. The van der Waals surface area contributed by atoms with Crippen LogP contribution in [0.2, 0.25) is 0 Å². The van der Waals surface area contributed by atoms with E-state index in [1.54, 1.807) is 6.07 Å². The van der Waals surface area contributed by atoms with E-state index in [4.69, 9.17) is 0 Å². The van der Waals surface area contributed by atoms with Gasteiger partial charge in [0.2, 0.25) is 5.91 Å². The van der Waals surface area contributed by atoms with Crippen molar-refractivity contribution in [2.75, 3.05) is 5.32 Å². The number of benzene rings is 2. The Morgan fingerprint density at radius 3 is 2.93 bits per heavy atom. The van der Waals surface area contributed by atoms with Crippen molar-refractivity contribution in [1.29, 1.82) is 0 Å². The Hall–Kier alpha value is -3.41. The van der Waals surface area contributed by atoms with Crippen LogP contribution in [0, 0.1) is 0 Å². The molecule has 27 heavy (non-hydrogen) atoms. The summed E-state index contributed by atoms with van der Waals surface area (Å²) in [6, 6.07) is 15.1. The van der Waals surface area contributed by atoms with Crippen molar-refractivity contribution < 1.29 is 4.79 Å². The zero-order valence-corrected chi connectivity index (χ0v) is 15.0. The highest BCUT2D eigenvalue weighted by atomic mass is 16.1. The van der Waals surface area contributed by atoms with Gasteiger partial charge in [-0.3, -0.25) is 9.59 Å². The van der Waals surface area contributed by atoms with Crippen molar-refractivity contribution in [1.82, 2.24) is 14.5 Å². The van der Waals surface area contributed by atoms with Gasteiger partial charge in [-0.15, -0.1) is 0 Å². The number of amides is 1. The minimum absolute atomic E-state index is 0.0478. The topological polar surface area (TPSA) is 79.8 Å². The van der Waals surface area contributed by atoms with E-state index in [1.807, 2.05) is 60.3 Å². The van der Waals surface area contributed by atoms with Crippen LogP contribution in [-0.4, -0.2) is 20.4 Å². The smallest absolute Gasteiger partial charge is 0.258 e. The number of carbonyl (C=O) groups is 1. The second-order valence-corrected chi connectivity index (χ2v) is 6.63. The molecule has 0 aliphatic carbocycles. The van der Waals surface area contributed by atoms with Gasteiger partial charge in [0, 0.05) is 42.7 Å². The number of nitrogens with one attached hydrogen (secondary N) is 2. The molecule has 0 bridgehead atoms. The third kappa shape index (κ3) is 3.60. The Bertz CT molecular complexity index is 1190. The Morgan fingerprint density at radius 1 is 1.19 bits per heavy atom. The summed E-state index contributed by atoms with van der Waals surface area (Å²) in [5.41, 5.74) is 2.45. The number of H-pyrrole nitrogens is 1. The van der Waals surface area contributed by atoms with Crippen LogP contribution in [0.15, 0.2) is 59.5 Å². The molecule has 0 unspecified atom stereocenters. The van der Waals surface area contributed by atoms with Crippen LogP contribution in [0.3, 0.4) is 0 Å². The van der Waals surface area contributed by atoms with E-state index < -0.39 is 0 Å². The van der Waals surface area contributed by atoms with Crippen LogP contribution in [0.1, 0.15) is 18.7 Å². The highest BCUT2D eigenvalue weighted by Gasteiger charge is 2.07. The van der Waals surface area contributed by atoms with E-state index in [1.165, 1.54) is 0 Å². The molecule has 0 aliphatic heterocycles. The summed E-state index contributed by atoms with van der Waals surface area (Å²) in [5.74, 6) is 0.561. The molecule has 0 saturated carbocycles. The maximum absolute atomic E-state index is 12.2. The molecule has 2 N–H and O–H groups in total. The largest absolute Gasteiger partial charge is 0.351 e. The SMILES string of the molecule is Cn1ccc2cc(NC(=O)CCCc3nc4ccccc4c(=O)[nH]3)ccc21. The molecule has 4 aromatic rings. The predicted molar refractivity (Wildman–Crippen MR) is 107 cm³/mol. The second kappa shape index (κ2) is 7.07. The number of hydrogen-bond acceptors (Lipinski definition) is 3. The first-order chi connectivity index (χ1) is 13.1. The van der Waals surface area contributed by atoms with E-state index in [-0.39, 0.29) is 11.5 Å². The van der Waals surface area contributed by atoms with Crippen molar-refractivity contribution in [3.05, 3.63) is 70.9 Å². The fourth-order valence-electron chi connectivity index (χ4n) is 3.25. The Balaban J connectivity index is 1.37. The van der Waals surface area contributed by atoms with Crippen molar-refractivity contribution in [3.63, 3.8) is 0 Å². The molecule has 4 rings (SSSR count). The number of para-hydroxylation sites is 1. The third-order valence-electron chi connectivity index (χ3n) is 4.65. The molecule has 6 heteroatoms. The highest BCUT2D eigenvalue weighted by molar-refractivity contribution is 5.93. The Morgan fingerprint density at radius 2 is 2.04 bits per heavy atom. The summed E-state index contributed by atoms with van der Waals surface area (Å²) in [7, 11) is 1.99. The average Bonchev–Trinajstić information content (AvgIpc) is 3.02. The first kappa shape index (κ1) is 17.0. The van der Waals surface area contributed by atoms with Gasteiger partial charge >= 0.3 is 0 Å². The first-order valence-electron chi connectivity index (χ1n) is 8.93. The average molecular weight is 360 g/mol. The second-order valence-electron chi connectivity index (χ2n) is 6.63. The maximum atomic E-state index is 12.2. The normalized spacial score (nSPS) is 11.1. The van der Waals surface area contributed by atoms with Crippen LogP contribution >= 0.6 is 0 Å². The van der Waals surface area contributed by atoms with Gasteiger partial charge in [-0.25, -0.2) is 4.98 Å². The van der Waals surface area contributed by atoms with Gasteiger partial charge < -0.3 is 14.9 Å². The van der Waals surface area contributed by atoms with Gasteiger partial charge in [0.15, 0.2) is 0 Å². The van der Waals surface area contributed by atoms with Crippen LogP contribution in [0.5, 0.6) is 0 Å². The Kier molecular flexibility index (Phi) is 4.46. The maximum Gasteiger partial charge on any atom is 0.258 e. The van der Waals surface area contributed by atoms with Crippen molar-refractivity contribution in [3.8, 4) is 0 Å². The lowest BCUT2D eigenvalue weighted by molar-refractivity contribution is -0.116. The molecular formula is C21H20N4O2. The molecule has 2 aromatic carbocycles. The van der Waals surface area contributed by atoms with Crippen molar-refractivity contribution in [2.24, 2.45) is 7.05 Å². The van der Waals surface area contributed by atoms with Crippen molar-refractivity contribution >= 4 is 33.4 Å². The van der Waals surface area contributed by atoms with E-state index in [9.17, 15) is 9.59 Å². The van der Waals surface area contributed by atoms with E-state index >= 15 is 0 Å². The summed E-state index contributed by atoms with van der Waals surface area (Å²) in [6.45, 7) is 0. The quantitative estimate of drug-likeness (QED) is 0.573. The number of rotatable bonds is 5. The number of aromatic nitrogens is 3. The van der Waals surface area contributed by atoms with Crippen LogP contribution in [0.25, 0.3) is 21.8 Å². The van der Waals surface area contributed by atoms with Gasteiger partial charge in [0.05, 0.1) is 10.9 Å². The fourth-order valence-corrected chi connectivity index (χ4v) is 3.25. The molecule has 6 nitrogen and oxygen atoms in total. The molecule has 2 aromatic heterocycles. The number of carbonyl (C=O) groups excluding carboxylic acids is 1. The Labute approximate surface area is 155 Å². The van der Waals surface area contributed by atoms with Gasteiger partial charge in [-0.05, 0) is 42.8 Å². The molecule has 0 atom stereocenters. The lowest BCUT2D eigenvalue weighted by Gasteiger charge is -2.06. The molecule has 136 valence electrons. The summed E-state index contributed by atoms with van der Waals surface area (Å²) >= 11 is 0. The van der Waals surface area contributed by atoms with Crippen molar-refractivity contribution in [2.45, 2.75) is 19.3 Å². The summed E-state index contributed by atoms with van der Waals surface area (Å²) in [6.07, 6.45) is 3.52. The predicted octanol–water partition coefficient (Wildman–Crippen LogP) is 3.38. The molecule has 1 amide bonds. The fraction of sp³-hybridized carbons (Fsp3) is 0.190. The van der Waals surface area contributed by atoms with Gasteiger partial charge in [0.25, 0.3) is 5.56 Å². The molecular weight excluding hydrogens is 340 g/mol. The van der Waals surface area contributed by atoms with Gasteiger partial charge in [0.1, 0.15) is 5.82 Å². The minimum Gasteiger partial charge on any atom is -0.351 e. The van der Waals surface area contributed by atoms with E-state index in [0.717, 1.165) is 16.6 Å². The number of fused-ring (bicyclic) bond motifs is 2. The van der Waals surface area contributed by atoms with Crippen LogP contribution in [0.4, 0.5) is 5.69 Å². The molecule has 0 fully saturated rings. The summed E-state index contributed by atoms with van der Waals surface area (Å²) in [5, 5.41) is 4.60. The monoisotopic (exact) mass is 360 g/mol. The van der Waals surface area contributed by atoms with E-state index in [0.29, 0.717) is 36.0 Å². The molecule has 0 saturated heterocycles. The first-order valence-corrected chi connectivity index (χ1v) is 8.93. The highest BCUT2D eigenvalue weighted by Crippen LogP contribution is 2.20. The third-order valence-corrected chi connectivity index (χ3v) is 4.65. The number of hydrogen-bond donors (Lipinski definition) is 2. The zero-order chi connectivity index (χ0) is 18.8. The molecule has 2 heterocycles. The molecule has 0 spiro atoms. The van der Waals surface area contributed by atoms with Gasteiger partial charge in [-0.1, -0.05) is 12.1 Å². The summed E-state index contributed by atoms with van der Waals surface area (Å²) in [4.78, 5) is 31.5. The lowest BCUT2D eigenvalue weighted by Crippen LogP contribution is -2.14. The number of anilines is 1. The minimum atomic E-state index is -0.142. The van der Waals surface area contributed by atoms with Crippen LogP contribution in [-0.2, 0) is 18.3 Å². The summed E-state index contributed by atoms with van der Waals surface area (Å²) < 4.78 is 2.04.